The number of anilines is 1. The molecule has 2 aromatic carbocycles. The smallest absolute Gasteiger partial charge is 0.145 e. The second kappa shape index (κ2) is 4.48. The van der Waals surface area contributed by atoms with Crippen molar-refractivity contribution in [2.45, 2.75) is 12.8 Å². The average molecular weight is 245 g/mol. The maximum atomic E-state index is 8.73. The number of hydrogen-bond donors (Lipinski definition) is 1. The molecule has 90 valence electrons. The van der Waals surface area contributed by atoms with E-state index in [2.05, 4.69) is 29.6 Å². The van der Waals surface area contributed by atoms with E-state index < -0.39 is 0 Å². The van der Waals surface area contributed by atoms with Crippen molar-refractivity contribution in [1.29, 1.82) is 10.5 Å². The van der Waals surface area contributed by atoms with Crippen LogP contribution in [0.5, 0.6) is 0 Å². The Kier molecular flexibility index (Phi) is 2.67. The van der Waals surface area contributed by atoms with Crippen LogP contribution in [-0.4, -0.2) is 0 Å². The van der Waals surface area contributed by atoms with Crippen LogP contribution < -0.4 is 5.32 Å². The van der Waals surface area contributed by atoms with Crippen LogP contribution in [0.15, 0.2) is 42.1 Å². The fourth-order valence-electron chi connectivity index (χ4n) is 2.61. The molecule has 0 unspecified atom stereocenters. The third kappa shape index (κ3) is 1.82. The highest BCUT2D eigenvalue weighted by molar-refractivity contribution is 5.99. The summed E-state index contributed by atoms with van der Waals surface area (Å²) in [6.45, 7) is 0. The molecule has 3 heteroatoms. The van der Waals surface area contributed by atoms with Gasteiger partial charge in [0.05, 0.1) is 0 Å². The number of nitrogens with zero attached hydrogens (tertiary/aromatic N) is 2. The summed E-state index contributed by atoms with van der Waals surface area (Å²) in [5.74, 6) is 0. The van der Waals surface area contributed by atoms with Crippen LogP contribution in [0.25, 0.3) is 10.8 Å². The van der Waals surface area contributed by atoms with Gasteiger partial charge in [-0.25, -0.2) is 0 Å². The summed E-state index contributed by atoms with van der Waals surface area (Å²) >= 11 is 0. The second-order valence-corrected chi connectivity index (χ2v) is 4.54. The summed E-state index contributed by atoms with van der Waals surface area (Å²) in [6, 6.07) is 14.1. The quantitative estimate of drug-likeness (QED) is 0.826. The molecule has 0 fully saturated rings. The first-order valence-corrected chi connectivity index (χ1v) is 6.14. The lowest BCUT2D eigenvalue weighted by Crippen LogP contribution is -1.92. The normalized spacial score (nSPS) is 11.7. The van der Waals surface area contributed by atoms with Gasteiger partial charge in [0.2, 0.25) is 0 Å². The summed E-state index contributed by atoms with van der Waals surface area (Å²) in [6.07, 6.45) is 3.64. The van der Waals surface area contributed by atoms with E-state index in [-0.39, 0.29) is 5.57 Å². The van der Waals surface area contributed by atoms with Crippen LogP contribution >= 0.6 is 0 Å². The van der Waals surface area contributed by atoms with Crippen LogP contribution in [0.3, 0.4) is 0 Å². The number of nitrogens with one attached hydrogen (secondary N) is 1. The molecule has 1 aliphatic carbocycles. The molecule has 19 heavy (non-hydrogen) atoms. The number of hydrogen-bond acceptors (Lipinski definition) is 3. The van der Waals surface area contributed by atoms with E-state index in [1.165, 1.54) is 22.7 Å². The number of allylic oxidation sites excluding steroid dienone is 1. The molecule has 3 rings (SSSR count). The standard InChI is InChI=1S/C16H11N3/c17-8-11(9-18)10-19-15-7-6-13-5-4-12-2-1-3-14(15)16(12)13/h1-3,6-7,10,19H,4-5H2. The molecular formula is C16H11N3. The fraction of sp³-hybridized carbons (Fsp3) is 0.125. The van der Waals surface area contributed by atoms with Gasteiger partial charge in [0, 0.05) is 17.3 Å². The summed E-state index contributed by atoms with van der Waals surface area (Å²) in [4.78, 5) is 0. The number of aryl methyl sites for hydroxylation is 2. The molecule has 0 amide bonds. The molecule has 0 heterocycles. The molecule has 0 spiro atoms. The Labute approximate surface area is 111 Å². The summed E-state index contributed by atoms with van der Waals surface area (Å²) < 4.78 is 0. The zero-order valence-corrected chi connectivity index (χ0v) is 10.3. The Morgan fingerprint density at radius 1 is 1.05 bits per heavy atom. The van der Waals surface area contributed by atoms with E-state index in [9.17, 15) is 0 Å². The van der Waals surface area contributed by atoms with Gasteiger partial charge < -0.3 is 5.32 Å². The van der Waals surface area contributed by atoms with Gasteiger partial charge in [0.25, 0.3) is 0 Å². The minimum absolute atomic E-state index is 0.0725. The zero-order valence-electron chi connectivity index (χ0n) is 10.3. The summed E-state index contributed by atoms with van der Waals surface area (Å²) in [7, 11) is 0. The molecule has 3 nitrogen and oxygen atoms in total. The SMILES string of the molecule is N#CC(C#N)=CNc1ccc2c3c(cccc13)CC2. The lowest BCUT2D eigenvalue weighted by molar-refractivity contribution is 1.02. The maximum Gasteiger partial charge on any atom is 0.145 e. The highest BCUT2D eigenvalue weighted by Crippen LogP contribution is 2.34. The molecule has 0 saturated carbocycles. The fourth-order valence-corrected chi connectivity index (χ4v) is 2.61. The average Bonchev–Trinajstić information content (AvgIpc) is 2.87. The van der Waals surface area contributed by atoms with E-state index >= 15 is 0 Å². The van der Waals surface area contributed by atoms with Crippen molar-refractivity contribution in [2.75, 3.05) is 5.32 Å². The zero-order chi connectivity index (χ0) is 13.2. The van der Waals surface area contributed by atoms with Crippen molar-refractivity contribution in [2.24, 2.45) is 0 Å². The monoisotopic (exact) mass is 245 g/mol. The van der Waals surface area contributed by atoms with Crippen LogP contribution in [0.1, 0.15) is 11.1 Å². The third-order valence-electron chi connectivity index (χ3n) is 3.49. The Balaban J connectivity index is 2.10. The Morgan fingerprint density at radius 3 is 2.53 bits per heavy atom. The van der Waals surface area contributed by atoms with Gasteiger partial charge in [-0.05, 0) is 35.4 Å². The van der Waals surface area contributed by atoms with Gasteiger partial charge in [0.1, 0.15) is 17.7 Å². The lowest BCUT2D eigenvalue weighted by Gasteiger charge is -2.08. The molecular weight excluding hydrogens is 234 g/mol. The minimum Gasteiger partial charge on any atom is -0.359 e. The van der Waals surface area contributed by atoms with Gasteiger partial charge >= 0.3 is 0 Å². The van der Waals surface area contributed by atoms with Gasteiger partial charge in [-0.3, -0.25) is 0 Å². The topological polar surface area (TPSA) is 59.6 Å². The van der Waals surface area contributed by atoms with Crippen molar-refractivity contribution in [3.63, 3.8) is 0 Å². The maximum absolute atomic E-state index is 8.73. The molecule has 1 N–H and O–H groups in total. The predicted molar refractivity (Wildman–Crippen MR) is 74.3 cm³/mol. The second-order valence-electron chi connectivity index (χ2n) is 4.54. The Bertz CT molecular complexity index is 747. The van der Waals surface area contributed by atoms with E-state index in [1.54, 1.807) is 0 Å². The van der Waals surface area contributed by atoms with Crippen LogP contribution in [0.4, 0.5) is 5.69 Å². The van der Waals surface area contributed by atoms with Gasteiger partial charge in [-0.1, -0.05) is 24.3 Å². The molecule has 0 radical (unpaired) electrons. The van der Waals surface area contributed by atoms with Crippen molar-refractivity contribution < 1.29 is 0 Å². The molecule has 0 atom stereocenters. The molecule has 0 saturated heterocycles. The number of benzene rings is 2. The minimum atomic E-state index is 0.0725. The molecule has 0 aliphatic heterocycles. The lowest BCUT2D eigenvalue weighted by atomic mass is 10.0. The van der Waals surface area contributed by atoms with Crippen molar-refractivity contribution in [3.05, 3.63) is 53.2 Å². The van der Waals surface area contributed by atoms with Crippen molar-refractivity contribution >= 4 is 16.5 Å². The molecule has 0 bridgehead atoms. The van der Waals surface area contributed by atoms with Crippen molar-refractivity contribution in [3.8, 4) is 12.1 Å². The largest absolute Gasteiger partial charge is 0.359 e. The highest BCUT2D eigenvalue weighted by Gasteiger charge is 2.15. The van der Waals surface area contributed by atoms with Crippen LogP contribution in [-0.2, 0) is 12.8 Å². The van der Waals surface area contributed by atoms with Gasteiger partial charge in [-0.2, -0.15) is 10.5 Å². The third-order valence-corrected chi connectivity index (χ3v) is 3.49. The van der Waals surface area contributed by atoms with Gasteiger partial charge in [0.15, 0.2) is 0 Å². The molecule has 2 aromatic rings. The summed E-state index contributed by atoms with van der Waals surface area (Å²) in [5.41, 5.74) is 3.76. The Morgan fingerprint density at radius 2 is 1.79 bits per heavy atom. The summed E-state index contributed by atoms with van der Waals surface area (Å²) in [5, 5.41) is 23.0. The van der Waals surface area contributed by atoms with Crippen LogP contribution in [0.2, 0.25) is 0 Å². The number of nitriles is 2. The van der Waals surface area contributed by atoms with Gasteiger partial charge in [-0.15, -0.1) is 0 Å². The Hall–Kier alpha value is -2.78. The van der Waals surface area contributed by atoms with Crippen LogP contribution in [0, 0.1) is 22.7 Å². The first-order valence-electron chi connectivity index (χ1n) is 6.14. The first kappa shape index (κ1) is 11.3. The number of rotatable bonds is 2. The predicted octanol–water partition coefficient (Wildman–Crippen LogP) is 3.28. The van der Waals surface area contributed by atoms with E-state index in [0.717, 1.165) is 23.9 Å². The van der Waals surface area contributed by atoms with Crippen molar-refractivity contribution in [1.82, 2.24) is 0 Å². The van der Waals surface area contributed by atoms with E-state index in [4.69, 9.17) is 10.5 Å². The van der Waals surface area contributed by atoms with E-state index in [0.29, 0.717) is 0 Å². The molecule has 1 aliphatic rings. The highest BCUT2D eigenvalue weighted by atomic mass is 14.8. The molecule has 0 aromatic heterocycles. The van der Waals surface area contributed by atoms with E-state index in [1.807, 2.05) is 18.2 Å². The first-order chi connectivity index (χ1) is 9.33.